The normalized spacial score (nSPS) is 11.0. The highest BCUT2D eigenvalue weighted by atomic mass is 32.1. The molecule has 0 unspecified atom stereocenters. The van der Waals surface area contributed by atoms with Gasteiger partial charge < -0.3 is 5.32 Å². The van der Waals surface area contributed by atoms with Crippen LogP contribution in [-0.4, -0.2) is 9.97 Å². The summed E-state index contributed by atoms with van der Waals surface area (Å²) >= 11 is 3.48. The molecule has 0 aliphatic carbocycles. The molecular weight excluding hydrogens is 334 g/mol. The Morgan fingerprint density at radius 1 is 1.04 bits per heavy atom. The molecule has 4 rings (SSSR count). The highest BCUT2D eigenvalue weighted by molar-refractivity contribution is 7.18. The molecule has 3 aromatic heterocycles. The maximum atomic E-state index is 4.80. The fraction of sp³-hybridized carbons (Fsp3) is 0.158. The summed E-state index contributed by atoms with van der Waals surface area (Å²) in [5.41, 5.74) is 1.23. The van der Waals surface area contributed by atoms with Gasteiger partial charge in [-0.05, 0) is 30.0 Å². The van der Waals surface area contributed by atoms with Crippen LogP contribution in [0.5, 0.6) is 0 Å². The molecule has 0 atom stereocenters. The van der Waals surface area contributed by atoms with Gasteiger partial charge in [0.25, 0.3) is 0 Å². The van der Waals surface area contributed by atoms with Gasteiger partial charge in [-0.15, -0.1) is 22.7 Å². The second kappa shape index (κ2) is 6.71. The van der Waals surface area contributed by atoms with E-state index < -0.39 is 0 Å². The molecule has 0 saturated heterocycles. The van der Waals surface area contributed by atoms with Crippen molar-refractivity contribution in [2.45, 2.75) is 19.9 Å². The van der Waals surface area contributed by atoms with E-state index in [0.717, 1.165) is 34.8 Å². The fourth-order valence-electron chi connectivity index (χ4n) is 2.66. The number of hydrogen-bond donors (Lipinski definition) is 1. The Morgan fingerprint density at radius 2 is 1.92 bits per heavy atom. The summed E-state index contributed by atoms with van der Waals surface area (Å²) in [6.07, 6.45) is 0.751. The summed E-state index contributed by atoms with van der Waals surface area (Å²) in [5, 5.41) is 6.71. The van der Waals surface area contributed by atoms with Crippen LogP contribution in [0.2, 0.25) is 0 Å². The van der Waals surface area contributed by atoms with E-state index in [0.29, 0.717) is 0 Å². The first-order valence-corrected chi connectivity index (χ1v) is 9.55. The van der Waals surface area contributed by atoms with E-state index in [9.17, 15) is 0 Å². The molecular formula is C19H17N3S2. The number of thiophene rings is 2. The molecule has 0 bridgehead atoms. The lowest BCUT2D eigenvalue weighted by Crippen LogP contribution is -2.04. The van der Waals surface area contributed by atoms with Crippen LogP contribution in [0.4, 0.5) is 5.82 Å². The molecule has 0 aliphatic heterocycles. The topological polar surface area (TPSA) is 37.8 Å². The summed E-state index contributed by atoms with van der Waals surface area (Å²) in [6, 6.07) is 16.8. The van der Waals surface area contributed by atoms with E-state index in [1.165, 1.54) is 15.3 Å². The van der Waals surface area contributed by atoms with Gasteiger partial charge in [-0.1, -0.05) is 36.4 Å². The van der Waals surface area contributed by atoms with Crippen molar-refractivity contribution in [1.82, 2.24) is 9.97 Å². The Balaban J connectivity index is 1.67. The monoisotopic (exact) mass is 351 g/mol. The van der Waals surface area contributed by atoms with E-state index in [2.05, 4.69) is 60.1 Å². The fourth-order valence-corrected chi connectivity index (χ4v) is 4.21. The number of nitrogens with one attached hydrogen (secondary N) is 1. The summed E-state index contributed by atoms with van der Waals surface area (Å²) < 4.78 is 0. The molecule has 3 nitrogen and oxygen atoms in total. The predicted molar refractivity (Wildman–Crippen MR) is 103 cm³/mol. The van der Waals surface area contributed by atoms with Crippen molar-refractivity contribution in [3.05, 3.63) is 75.1 Å². The lowest BCUT2D eigenvalue weighted by Gasteiger charge is -2.08. The van der Waals surface area contributed by atoms with Crippen LogP contribution >= 0.6 is 22.7 Å². The maximum Gasteiger partial charge on any atom is 0.138 e. The zero-order chi connectivity index (χ0) is 16.4. The third-order valence-electron chi connectivity index (χ3n) is 3.78. The average Bonchev–Trinajstić information content (AvgIpc) is 3.22. The number of rotatable bonds is 5. The van der Waals surface area contributed by atoms with Gasteiger partial charge in [0, 0.05) is 16.2 Å². The van der Waals surface area contributed by atoms with Gasteiger partial charge in [0.05, 0.1) is 11.9 Å². The van der Waals surface area contributed by atoms with Crippen molar-refractivity contribution >= 4 is 38.7 Å². The lowest BCUT2D eigenvalue weighted by atomic mass is 10.1. The summed E-state index contributed by atoms with van der Waals surface area (Å²) in [6.45, 7) is 2.91. The van der Waals surface area contributed by atoms with Gasteiger partial charge in [-0.3, -0.25) is 0 Å². The predicted octanol–water partition coefficient (Wildman–Crippen LogP) is 5.26. The summed E-state index contributed by atoms with van der Waals surface area (Å²) in [4.78, 5) is 13.2. The van der Waals surface area contributed by atoms with E-state index >= 15 is 0 Å². The molecule has 0 amide bonds. The first-order valence-electron chi connectivity index (χ1n) is 7.85. The van der Waals surface area contributed by atoms with Crippen LogP contribution in [0.25, 0.3) is 10.2 Å². The highest BCUT2D eigenvalue weighted by Crippen LogP contribution is 2.29. The number of benzene rings is 1. The van der Waals surface area contributed by atoms with Crippen molar-refractivity contribution in [3.63, 3.8) is 0 Å². The van der Waals surface area contributed by atoms with Gasteiger partial charge in [-0.25, -0.2) is 9.97 Å². The second-order valence-corrected chi connectivity index (χ2v) is 7.93. The first-order chi connectivity index (χ1) is 11.8. The van der Waals surface area contributed by atoms with Crippen molar-refractivity contribution < 1.29 is 0 Å². The van der Waals surface area contributed by atoms with E-state index in [4.69, 9.17) is 9.97 Å². The lowest BCUT2D eigenvalue weighted by molar-refractivity contribution is 0.987. The van der Waals surface area contributed by atoms with Gasteiger partial charge in [0.15, 0.2) is 0 Å². The van der Waals surface area contributed by atoms with E-state index in [1.54, 1.807) is 22.7 Å². The van der Waals surface area contributed by atoms with Crippen LogP contribution in [-0.2, 0) is 13.0 Å². The van der Waals surface area contributed by atoms with E-state index in [1.807, 2.05) is 6.07 Å². The average molecular weight is 352 g/mol. The third kappa shape index (κ3) is 3.32. The van der Waals surface area contributed by atoms with Crippen LogP contribution < -0.4 is 5.32 Å². The van der Waals surface area contributed by atoms with Crippen LogP contribution in [0.3, 0.4) is 0 Å². The molecule has 0 fully saturated rings. The smallest absolute Gasteiger partial charge is 0.138 e. The number of anilines is 1. The Morgan fingerprint density at radius 3 is 2.71 bits per heavy atom. The minimum atomic E-state index is 0.751. The van der Waals surface area contributed by atoms with Gasteiger partial charge in [0.2, 0.25) is 0 Å². The van der Waals surface area contributed by atoms with Crippen LogP contribution in [0, 0.1) is 6.92 Å². The molecule has 120 valence electrons. The summed E-state index contributed by atoms with van der Waals surface area (Å²) in [5.74, 6) is 1.80. The standard InChI is InChI=1S/C19H17N3S2/c1-13-10-16-18(20-12-15-8-5-9-23-15)21-17(22-19(16)24-13)11-14-6-3-2-4-7-14/h2-10H,11-12H2,1H3,(H,20,21,22). The molecule has 0 spiro atoms. The number of aromatic nitrogens is 2. The molecule has 0 saturated carbocycles. The number of hydrogen-bond acceptors (Lipinski definition) is 5. The van der Waals surface area contributed by atoms with E-state index in [-0.39, 0.29) is 0 Å². The number of nitrogens with zero attached hydrogens (tertiary/aromatic N) is 2. The molecule has 24 heavy (non-hydrogen) atoms. The molecule has 0 radical (unpaired) electrons. The van der Waals surface area contributed by atoms with Crippen molar-refractivity contribution in [1.29, 1.82) is 0 Å². The van der Waals surface area contributed by atoms with Gasteiger partial charge >= 0.3 is 0 Å². The Kier molecular flexibility index (Phi) is 4.28. The van der Waals surface area contributed by atoms with Gasteiger partial charge in [-0.2, -0.15) is 0 Å². The zero-order valence-electron chi connectivity index (χ0n) is 13.3. The Labute approximate surface area is 149 Å². The van der Waals surface area contributed by atoms with Crippen LogP contribution in [0.1, 0.15) is 21.1 Å². The number of fused-ring (bicyclic) bond motifs is 1. The van der Waals surface area contributed by atoms with Crippen molar-refractivity contribution in [2.24, 2.45) is 0 Å². The molecule has 1 N–H and O–H groups in total. The Bertz CT molecular complexity index is 944. The van der Waals surface area contributed by atoms with Gasteiger partial charge in [0.1, 0.15) is 16.5 Å². The molecule has 1 aromatic carbocycles. The van der Waals surface area contributed by atoms with Crippen molar-refractivity contribution in [2.75, 3.05) is 5.32 Å². The Hall–Kier alpha value is -2.24. The van der Waals surface area contributed by atoms with Crippen LogP contribution in [0.15, 0.2) is 53.9 Å². The minimum absolute atomic E-state index is 0.751. The molecule has 3 heterocycles. The summed E-state index contributed by atoms with van der Waals surface area (Å²) in [7, 11) is 0. The molecule has 5 heteroatoms. The SMILES string of the molecule is Cc1cc2c(NCc3cccs3)nc(Cc3ccccc3)nc2s1. The largest absolute Gasteiger partial charge is 0.365 e. The molecule has 0 aliphatic rings. The third-order valence-corrected chi connectivity index (χ3v) is 5.60. The van der Waals surface area contributed by atoms with Crippen molar-refractivity contribution in [3.8, 4) is 0 Å². The molecule has 4 aromatic rings. The quantitative estimate of drug-likeness (QED) is 0.533. The first kappa shape index (κ1) is 15.3. The number of aryl methyl sites for hydroxylation is 1. The maximum absolute atomic E-state index is 4.80. The minimum Gasteiger partial charge on any atom is -0.365 e. The second-order valence-electron chi connectivity index (χ2n) is 5.66. The zero-order valence-corrected chi connectivity index (χ0v) is 15.0. The highest BCUT2D eigenvalue weighted by Gasteiger charge is 2.11.